The van der Waals surface area contributed by atoms with Crippen molar-refractivity contribution in [3.8, 4) is 5.75 Å². The number of nitrogens with zero attached hydrogens (tertiary/aromatic N) is 5. The van der Waals surface area contributed by atoms with Gasteiger partial charge in [0, 0.05) is 25.0 Å². The van der Waals surface area contributed by atoms with Gasteiger partial charge in [-0.3, -0.25) is 4.79 Å². The lowest BCUT2D eigenvalue weighted by molar-refractivity contribution is 0.0941. The first-order chi connectivity index (χ1) is 14.6. The molecule has 0 saturated heterocycles. The quantitative estimate of drug-likeness (QED) is 0.513. The Morgan fingerprint density at radius 3 is 2.70 bits per heavy atom. The number of hydrogen-bond acceptors (Lipinski definition) is 5. The molecule has 30 heavy (non-hydrogen) atoms. The van der Waals surface area contributed by atoms with Gasteiger partial charge in [0.1, 0.15) is 30.3 Å². The van der Waals surface area contributed by atoms with Crippen LogP contribution in [0, 0.1) is 0 Å². The van der Waals surface area contributed by atoms with Crippen molar-refractivity contribution in [1.29, 1.82) is 0 Å². The molecule has 2 heterocycles. The number of aromatic nitrogens is 5. The zero-order valence-corrected chi connectivity index (χ0v) is 16.8. The number of hydrogen-bond donors (Lipinski definition) is 1. The average molecular weight is 402 g/mol. The van der Waals surface area contributed by atoms with Gasteiger partial charge in [0.25, 0.3) is 5.91 Å². The highest BCUT2D eigenvalue weighted by atomic mass is 16.5. The maximum atomic E-state index is 13.0. The van der Waals surface area contributed by atoms with E-state index in [0.717, 1.165) is 22.7 Å². The Labute approximate surface area is 174 Å². The zero-order valence-electron chi connectivity index (χ0n) is 16.8. The van der Waals surface area contributed by atoms with Crippen LogP contribution in [-0.2, 0) is 13.6 Å². The summed E-state index contributed by atoms with van der Waals surface area (Å²) >= 11 is 0. The molecule has 0 aliphatic carbocycles. The van der Waals surface area contributed by atoms with Gasteiger partial charge in [-0.15, -0.1) is 0 Å². The lowest BCUT2D eigenvalue weighted by Gasteiger charge is -2.20. The number of methoxy groups -OCH3 is 1. The van der Waals surface area contributed by atoms with Crippen LogP contribution in [0.1, 0.15) is 33.4 Å². The van der Waals surface area contributed by atoms with E-state index in [9.17, 15) is 4.79 Å². The second-order valence-electron chi connectivity index (χ2n) is 6.87. The van der Waals surface area contributed by atoms with Crippen molar-refractivity contribution in [1.82, 2.24) is 29.6 Å². The number of rotatable bonds is 7. The van der Waals surface area contributed by atoms with Crippen molar-refractivity contribution in [2.45, 2.75) is 12.6 Å². The number of amides is 1. The molecule has 1 amide bonds. The van der Waals surface area contributed by atoms with Crippen LogP contribution in [0.3, 0.4) is 0 Å². The number of imidazole rings is 1. The number of aryl methyl sites for hydroxylation is 1. The SMILES string of the molecule is COc1cccc(C(NC(=O)c2ccc(Cn3cncn3)cc2)c2nccn2C)c1. The minimum atomic E-state index is -0.414. The van der Waals surface area contributed by atoms with Gasteiger partial charge >= 0.3 is 0 Å². The molecule has 0 aliphatic heterocycles. The van der Waals surface area contributed by atoms with Crippen molar-refractivity contribution in [2.24, 2.45) is 7.05 Å². The van der Waals surface area contributed by atoms with Crippen molar-refractivity contribution >= 4 is 5.91 Å². The minimum absolute atomic E-state index is 0.182. The van der Waals surface area contributed by atoms with Crippen LogP contribution in [-0.4, -0.2) is 37.3 Å². The summed E-state index contributed by atoms with van der Waals surface area (Å²) in [7, 11) is 3.52. The standard InChI is InChI=1S/C22H22N6O2/c1-27-11-10-24-21(27)20(18-4-3-5-19(12-18)30-2)26-22(29)17-8-6-16(7-9-17)13-28-15-23-14-25-28/h3-12,14-15,20H,13H2,1-2H3,(H,26,29). The molecule has 2 aromatic carbocycles. The predicted octanol–water partition coefficient (Wildman–Crippen LogP) is 2.59. The Bertz CT molecular complexity index is 1120. The molecule has 0 radical (unpaired) electrons. The van der Waals surface area contributed by atoms with Crippen molar-refractivity contribution in [2.75, 3.05) is 7.11 Å². The molecule has 152 valence electrons. The Hall–Kier alpha value is -3.94. The van der Waals surface area contributed by atoms with Crippen LogP contribution in [0.2, 0.25) is 0 Å². The topological polar surface area (TPSA) is 86.9 Å². The summed E-state index contributed by atoms with van der Waals surface area (Å²) in [6.45, 7) is 0.599. The number of ether oxygens (including phenoxy) is 1. The molecular formula is C22H22N6O2. The summed E-state index contributed by atoms with van der Waals surface area (Å²) in [6, 6.07) is 14.7. The van der Waals surface area contributed by atoms with E-state index in [2.05, 4.69) is 20.4 Å². The minimum Gasteiger partial charge on any atom is -0.497 e. The molecule has 0 saturated carbocycles. The third-order valence-electron chi connectivity index (χ3n) is 4.85. The molecule has 1 N–H and O–H groups in total. The van der Waals surface area contributed by atoms with Gasteiger partial charge in [0.05, 0.1) is 13.7 Å². The third kappa shape index (κ3) is 4.22. The third-order valence-corrected chi connectivity index (χ3v) is 4.85. The first-order valence-electron chi connectivity index (χ1n) is 9.47. The lowest BCUT2D eigenvalue weighted by Crippen LogP contribution is -2.31. The first kappa shape index (κ1) is 19.4. The molecule has 0 aliphatic rings. The van der Waals surface area contributed by atoms with Gasteiger partial charge in [0.15, 0.2) is 0 Å². The maximum Gasteiger partial charge on any atom is 0.252 e. The van der Waals surface area contributed by atoms with Crippen LogP contribution in [0.5, 0.6) is 5.75 Å². The van der Waals surface area contributed by atoms with Crippen LogP contribution in [0.15, 0.2) is 73.6 Å². The molecule has 4 rings (SSSR count). The van der Waals surface area contributed by atoms with Crippen LogP contribution >= 0.6 is 0 Å². The molecule has 2 aromatic heterocycles. The first-order valence-corrected chi connectivity index (χ1v) is 9.47. The summed E-state index contributed by atoms with van der Waals surface area (Å²) in [6.07, 6.45) is 6.73. The molecule has 1 unspecified atom stereocenters. The number of carbonyl (C=O) groups is 1. The van der Waals surface area contributed by atoms with Gasteiger partial charge in [-0.1, -0.05) is 24.3 Å². The van der Waals surface area contributed by atoms with E-state index in [1.54, 1.807) is 24.3 Å². The highest BCUT2D eigenvalue weighted by Crippen LogP contribution is 2.24. The number of carbonyl (C=O) groups excluding carboxylic acids is 1. The summed E-state index contributed by atoms with van der Waals surface area (Å²) in [5, 5.41) is 7.20. The largest absolute Gasteiger partial charge is 0.497 e. The summed E-state index contributed by atoms with van der Waals surface area (Å²) in [5.74, 6) is 1.27. The van der Waals surface area contributed by atoms with Gasteiger partial charge in [-0.25, -0.2) is 14.6 Å². The van der Waals surface area contributed by atoms with Gasteiger partial charge < -0.3 is 14.6 Å². The summed E-state index contributed by atoms with van der Waals surface area (Å²) < 4.78 is 8.97. The van der Waals surface area contributed by atoms with Crippen LogP contribution in [0.4, 0.5) is 0 Å². The van der Waals surface area contributed by atoms with Crippen LogP contribution in [0.25, 0.3) is 0 Å². The van der Waals surface area contributed by atoms with E-state index < -0.39 is 6.04 Å². The second kappa shape index (κ2) is 8.60. The number of benzene rings is 2. The van der Waals surface area contributed by atoms with Crippen molar-refractivity contribution in [3.63, 3.8) is 0 Å². The van der Waals surface area contributed by atoms with E-state index in [1.807, 2.05) is 66.3 Å². The van der Waals surface area contributed by atoms with Gasteiger partial charge in [-0.2, -0.15) is 5.10 Å². The zero-order chi connectivity index (χ0) is 20.9. The molecule has 0 bridgehead atoms. The van der Waals surface area contributed by atoms with E-state index in [1.165, 1.54) is 6.33 Å². The summed E-state index contributed by atoms with van der Waals surface area (Å²) in [4.78, 5) is 21.4. The van der Waals surface area contributed by atoms with Crippen molar-refractivity contribution < 1.29 is 9.53 Å². The highest BCUT2D eigenvalue weighted by Gasteiger charge is 2.22. The van der Waals surface area contributed by atoms with E-state index >= 15 is 0 Å². The Kier molecular flexibility index (Phi) is 5.56. The normalized spacial score (nSPS) is 11.8. The average Bonchev–Trinajstić information content (AvgIpc) is 3.44. The van der Waals surface area contributed by atoms with Crippen molar-refractivity contribution in [3.05, 3.63) is 96.1 Å². The predicted molar refractivity (Wildman–Crippen MR) is 111 cm³/mol. The molecule has 8 nitrogen and oxygen atoms in total. The Morgan fingerprint density at radius 2 is 2.03 bits per heavy atom. The highest BCUT2D eigenvalue weighted by molar-refractivity contribution is 5.94. The number of nitrogens with one attached hydrogen (secondary N) is 1. The molecule has 0 fully saturated rings. The molecule has 0 spiro atoms. The maximum absolute atomic E-state index is 13.0. The van der Waals surface area contributed by atoms with E-state index in [4.69, 9.17) is 4.74 Å². The molecule has 1 atom stereocenters. The summed E-state index contributed by atoms with van der Waals surface area (Å²) in [5.41, 5.74) is 2.49. The van der Waals surface area contributed by atoms with Gasteiger partial charge in [-0.05, 0) is 35.4 Å². The second-order valence-corrected chi connectivity index (χ2v) is 6.87. The lowest BCUT2D eigenvalue weighted by atomic mass is 10.0. The smallest absolute Gasteiger partial charge is 0.252 e. The van der Waals surface area contributed by atoms with Gasteiger partial charge in [0.2, 0.25) is 0 Å². The van der Waals surface area contributed by atoms with E-state index in [0.29, 0.717) is 12.1 Å². The Morgan fingerprint density at radius 1 is 1.20 bits per heavy atom. The van der Waals surface area contributed by atoms with E-state index in [-0.39, 0.29) is 5.91 Å². The Balaban J connectivity index is 1.56. The monoisotopic (exact) mass is 402 g/mol. The molecule has 4 aromatic rings. The fraction of sp³-hybridized carbons (Fsp3) is 0.182. The fourth-order valence-electron chi connectivity index (χ4n) is 3.25. The molecule has 8 heteroatoms. The molecular weight excluding hydrogens is 380 g/mol. The fourth-order valence-corrected chi connectivity index (χ4v) is 3.25. The van der Waals surface area contributed by atoms with Crippen LogP contribution < -0.4 is 10.1 Å².